The second-order valence-corrected chi connectivity index (χ2v) is 8.97. The number of rotatable bonds is 9. The number of carbonyl (C=O) groups is 1. The molecule has 0 bridgehead atoms. The zero-order valence-electron chi connectivity index (χ0n) is 17.4. The lowest BCUT2D eigenvalue weighted by molar-refractivity contribution is 0.0472. The van der Waals surface area contributed by atoms with Crippen molar-refractivity contribution in [2.24, 2.45) is 0 Å². The zero-order valence-corrected chi connectivity index (χ0v) is 19.0. The lowest BCUT2D eigenvalue weighted by atomic mass is 10.2. The maximum atomic E-state index is 13.5. The number of anilines is 1. The molecule has 6 nitrogen and oxygen atoms in total. The first-order valence-electron chi connectivity index (χ1n) is 9.65. The SMILES string of the molecule is C=CCN(c1ccccc1OC)S(=O)(=O)c1ccc(Cl)c(C(=O)OCc2ccccc2)c1. The quantitative estimate of drug-likeness (QED) is 0.321. The van der Waals surface area contributed by atoms with Gasteiger partial charge in [-0.25, -0.2) is 13.2 Å². The third-order valence-corrected chi connectivity index (χ3v) is 6.71. The Labute approximate surface area is 192 Å². The van der Waals surface area contributed by atoms with Gasteiger partial charge in [-0.2, -0.15) is 0 Å². The summed E-state index contributed by atoms with van der Waals surface area (Å²) in [7, 11) is -2.61. The van der Waals surface area contributed by atoms with Gasteiger partial charge in [-0.15, -0.1) is 6.58 Å². The number of esters is 1. The van der Waals surface area contributed by atoms with Gasteiger partial charge in [0.15, 0.2) is 0 Å². The molecule has 32 heavy (non-hydrogen) atoms. The van der Waals surface area contributed by atoms with E-state index < -0.39 is 16.0 Å². The van der Waals surface area contributed by atoms with Crippen LogP contribution in [-0.4, -0.2) is 28.0 Å². The molecule has 3 aromatic rings. The fourth-order valence-corrected chi connectivity index (χ4v) is 4.70. The van der Waals surface area contributed by atoms with Crippen LogP contribution in [0.2, 0.25) is 5.02 Å². The van der Waals surface area contributed by atoms with Crippen molar-refractivity contribution >= 4 is 33.3 Å². The van der Waals surface area contributed by atoms with Crippen LogP contribution in [0, 0.1) is 0 Å². The van der Waals surface area contributed by atoms with Gasteiger partial charge in [0.05, 0.1) is 34.8 Å². The molecule has 0 atom stereocenters. The summed E-state index contributed by atoms with van der Waals surface area (Å²) in [6.45, 7) is 3.70. The highest BCUT2D eigenvalue weighted by molar-refractivity contribution is 7.92. The number of methoxy groups -OCH3 is 1. The molecule has 0 heterocycles. The molecule has 3 rings (SSSR count). The highest BCUT2D eigenvalue weighted by atomic mass is 35.5. The average molecular weight is 472 g/mol. The minimum atomic E-state index is -4.07. The number of sulfonamides is 1. The van der Waals surface area contributed by atoms with E-state index in [1.54, 1.807) is 24.3 Å². The summed E-state index contributed by atoms with van der Waals surface area (Å²) in [6.07, 6.45) is 1.47. The molecular weight excluding hydrogens is 450 g/mol. The van der Waals surface area contributed by atoms with Gasteiger partial charge in [0.2, 0.25) is 0 Å². The summed E-state index contributed by atoms with van der Waals surface area (Å²) in [6, 6.07) is 19.8. The maximum absolute atomic E-state index is 13.5. The molecule has 0 aliphatic heterocycles. The van der Waals surface area contributed by atoms with Crippen molar-refractivity contribution in [3.8, 4) is 5.75 Å². The lowest BCUT2D eigenvalue weighted by Crippen LogP contribution is -2.31. The number of hydrogen-bond acceptors (Lipinski definition) is 5. The summed E-state index contributed by atoms with van der Waals surface area (Å²) < 4.78 is 38.8. The van der Waals surface area contributed by atoms with E-state index in [9.17, 15) is 13.2 Å². The molecule has 0 saturated carbocycles. The number of halogens is 1. The Kier molecular flexibility index (Phi) is 7.56. The molecule has 166 valence electrons. The highest BCUT2D eigenvalue weighted by Gasteiger charge is 2.28. The summed E-state index contributed by atoms with van der Waals surface area (Å²) in [5.41, 5.74) is 1.11. The molecule has 0 aliphatic carbocycles. The van der Waals surface area contributed by atoms with Crippen LogP contribution in [0.4, 0.5) is 5.69 Å². The van der Waals surface area contributed by atoms with Gasteiger partial charge in [-0.05, 0) is 35.9 Å². The standard InChI is InChI=1S/C24H22ClNO5S/c1-3-15-26(22-11-7-8-12-23(22)30-2)32(28,29)19-13-14-21(25)20(16-19)24(27)31-17-18-9-5-4-6-10-18/h3-14,16H,1,15,17H2,2H3. The first kappa shape index (κ1) is 23.4. The van der Waals surface area contributed by atoms with Crippen molar-refractivity contribution in [3.63, 3.8) is 0 Å². The van der Waals surface area contributed by atoms with Crippen LogP contribution in [0.1, 0.15) is 15.9 Å². The average Bonchev–Trinajstić information content (AvgIpc) is 2.81. The van der Waals surface area contributed by atoms with Gasteiger partial charge in [0.1, 0.15) is 12.4 Å². The van der Waals surface area contributed by atoms with Crippen molar-refractivity contribution in [3.05, 3.63) is 102 Å². The van der Waals surface area contributed by atoms with E-state index in [-0.39, 0.29) is 28.6 Å². The molecule has 0 aromatic heterocycles. The number of para-hydroxylation sites is 2. The highest BCUT2D eigenvalue weighted by Crippen LogP contribution is 2.33. The second-order valence-electron chi connectivity index (χ2n) is 6.70. The fourth-order valence-electron chi connectivity index (χ4n) is 3.03. The smallest absolute Gasteiger partial charge is 0.340 e. The van der Waals surface area contributed by atoms with Crippen LogP contribution >= 0.6 is 11.6 Å². The number of ether oxygens (including phenoxy) is 2. The summed E-state index contributed by atoms with van der Waals surface area (Å²) >= 11 is 6.18. The Morgan fingerprint density at radius 3 is 2.44 bits per heavy atom. The molecule has 0 N–H and O–H groups in total. The van der Waals surface area contributed by atoms with Gasteiger partial charge >= 0.3 is 5.97 Å². The topological polar surface area (TPSA) is 72.9 Å². The molecule has 0 spiro atoms. The van der Waals surface area contributed by atoms with E-state index in [1.165, 1.54) is 31.4 Å². The normalized spacial score (nSPS) is 10.9. The van der Waals surface area contributed by atoms with E-state index in [2.05, 4.69) is 6.58 Å². The van der Waals surface area contributed by atoms with Crippen LogP contribution in [0.25, 0.3) is 0 Å². The number of hydrogen-bond donors (Lipinski definition) is 0. The molecule has 0 radical (unpaired) electrons. The van der Waals surface area contributed by atoms with Crippen molar-refractivity contribution in [1.29, 1.82) is 0 Å². The first-order chi connectivity index (χ1) is 15.4. The van der Waals surface area contributed by atoms with Crippen LogP contribution in [0.15, 0.2) is 90.3 Å². The first-order valence-corrected chi connectivity index (χ1v) is 11.5. The molecule has 0 saturated heterocycles. The molecule has 0 unspecified atom stereocenters. The Hall–Kier alpha value is -3.29. The Balaban J connectivity index is 1.95. The predicted octanol–water partition coefficient (Wildman–Crippen LogP) is 5.09. The molecule has 8 heteroatoms. The van der Waals surface area contributed by atoms with E-state index in [0.717, 1.165) is 9.87 Å². The van der Waals surface area contributed by atoms with Crippen LogP contribution in [-0.2, 0) is 21.4 Å². The van der Waals surface area contributed by atoms with Crippen molar-refractivity contribution in [2.45, 2.75) is 11.5 Å². The summed E-state index contributed by atoms with van der Waals surface area (Å²) in [4.78, 5) is 12.5. The fraction of sp³-hybridized carbons (Fsp3) is 0.125. The van der Waals surface area contributed by atoms with Gasteiger partial charge in [0.25, 0.3) is 10.0 Å². The largest absolute Gasteiger partial charge is 0.495 e. The zero-order chi connectivity index (χ0) is 23.1. The van der Waals surface area contributed by atoms with Gasteiger partial charge in [0, 0.05) is 0 Å². The Morgan fingerprint density at radius 2 is 1.75 bits per heavy atom. The summed E-state index contributed by atoms with van der Waals surface area (Å²) in [5.74, 6) is -0.335. The van der Waals surface area contributed by atoms with E-state index in [0.29, 0.717) is 11.4 Å². The minimum absolute atomic E-state index is 0.000873. The van der Waals surface area contributed by atoms with Gasteiger partial charge in [-0.1, -0.05) is 60.1 Å². The Bertz CT molecular complexity index is 1210. The number of benzene rings is 3. The maximum Gasteiger partial charge on any atom is 0.340 e. The monoisotopic (exact) mass is 471 g/mol. The second kappa shape index (κ2) is 10.3. The summed E-state index contributed by atoms with van der Waals surface area (Å²) in [5, 5.41) is 0.0922. The molecule has 0 fully saturated rings. The van der Waals surface area contributed by atoms with Crippen molar-refractivity contribution in [1.82, 2.24) is 0 Å². The third kappa shape index (κ3) is 5.12. The lowest BCUT2D eigenvalue weighted by Gasteiger charge is -2.25. The third-order valence-electron chi connectivity index (χ3n) is 4.61. The molecule has 0 amide bonds. The van der Waals surface area contributed by atoms with E-state index >= 15 is 0 Å². The van der Waals surface area contributed by atoms with E-state index in [1.807, 2.05) is 30.3 Å². The number of nitrogens with zero attached hydrogens (tertiary/aromatic N) is 1. The number of carbonyl (C=O) groups excluding carboxylic acids is 1. The van der Waals surface area contributed by atoms with Crippen LogP contribution in [0.5, 0.6) is 5.75 Å². The van der Waals surface area contributed by atoms with Crippen molar-refractivity contribution < 1.29 is 22.7 Å². The van der Waals surface area contributed by atoms with Crippen molar-refractivity contribution in [2.75, 3.05) is 18.0 Å². The van der Waals surface area contributed by atoms with E-state index in [4.69, 9.17) is 21.1 Å². The Morgan fingerprint density at radius 1 is 1.06 bits per heavy atom. The molecular formula is C24H22ClNO5S. The molecule has 3 aromatic carbocycles. The minimum Gasteiger partial charge on any atom is -0.495 e. The van der Waals surface area contributed by atoms with Crippen LogP contribution in [0.3, 0.4) is 0 Å². The molecule has 0 aliphatic rings. The van der Waals surface area contributed by atoms with Gasteiger partial charge < -0.3 is 9.47 Å². The van der Waals surface area contributed by atoms with Crippen LogP contribution < -0.4 is 9.04 Å². The predicted molar refractivity (Wildman–Crippen MR) is 125 cm³/mol. The van der Waals surface area contributed by atoms with Gasteiger partial charge in [-0.3, -0.25) is 4.31 Å².